The minimum Gasteiger partial charge on any atom is -0.352 e. The quantitative estimate of drug-likeness (QED) is 0.647. The number of nitrogens with two attached hydrogens (primary N) is 1. The molecule has 0 saturated heterocycles. The van der Waals surface area contributed by atoms with Crippen LogP contribution in [0.15, 0.2) is 18.3 Å². The molecule has 6 heteroatoms. The maximum Gasteiger partial charge on any atom is 0.312 e. The van der Waals surface area contributed by atoms with Gasteiger partial charge in [-0.25, -0.2) is 9.18 Å². The number of amides is 2. The first-order valence-corrected chi connectivity index (χ1v) is 5.51. The normalized spacial score (nSPS) is 12.1. The Hall–Kier alpha value is -1.69. The van der Waals surface area contributed by atoms with Crippen LogP contribution in [0.2, 0.25) is 0 Å². The van der Waals surface area contributed by atoms with Crippen LogP contribution >= 0.6 is 0 Å². The fourth-order valence-corrected chi connectivity index (χ4v) is 1.48. The van der Waals surface area contributed by atoms with Crippen molar-refractivity contribution in [1.29, 1.82) is 0 Å². The minimum absolute atomic E-state index is 0.0466. The molecule has 0 spiro atoms. The summed E-state index contributed by atoms with van der Waals surface area (Å²) in [6.45, 7) is 3.04. The van der Waals surface area contributed by atoms with Crippen molar-refractivity contribution >= 4 is 6.03 Å². The number of hydrogen-bond donors (Lipinski definition) is 3. The number of nitrogens with zero attached hydrogens (tertiary/aromatic N) is 1. The Labute approximate surface area is 99.6 Å². The van der Waals surface area contributed by atoms with Crippen LogP contribution in [-0.4, -0.2) is 24.1 Å². The number of carbonyl (C=O) groups excluding carboxylic acids is 1. The zero-order valence-electron chi connectivity index (χ0n) is 9.74. The van der Waals surface area contributed by atoms with E-state index in [1.165, 1.54) is 12.3 Å². The van der Waals surface area contributed by atoms with Gasteiger partial charge in [0.25, 0.3) is 0 Å². The van der Waals surface area contributed by atoms with E-state index < -0.39 is 6.03 Å². The van der Waals surface area contributed by atoms with E-state index in [2.05, 4.69) is 15.6 Å². The molecule has 0 aliphatic rings. The molecule has 17 heavy (non-hydrogen) atoms. The molecule has 0 fully saturated rings. The summed E-state index contributed by atoms with van der Waals surface area (Å²) in [6, 6.07) is 2.54. The van der Waals surface area contributed by atoms with Crippen LogP contribution in [0.1, 0.15) is 25.1 Å². The van der Waals surface area contributed by atoms with Crippen molar-refractivity contribution in [3.05, 3.63) is 29.8 Å². The number of aromatic nitrogens is 1. The lowest BCUT2D eigenvalue weighted by molar-refractivity contribution is 0.248. The Morgan fingerprint density at radius 1 is 1.53 bits per heavy atom. The first-order chi connectivity index (χ1) is 8.13. The summed E-state index contributed by atoms with van der Waals surface area (Å²) in [7, 11) is 0. The second-order valence-corrected chi connectivity index (χ2v) is 3.61. The van der Waals surface area contributed by atoms with Gasteiger partial charge >= 0.3 is 6.03 Å². The second-order valence-electron chi connectivity index (χ2n) is 3.61. The lowest BCUT2D eigenvalue weighted by Gasteiger charge is -2.16. The maximum atomic E-state index is 12.7. The van der Waals surface area contributed by atoms with Gasteiger partial charge < -0.3 is 16.4 Å². The van der Waals surface area contributed by atoms with Crippen molar-refractivity contribution in [1.82, 2.24) is 15.6 Å². The number of hydrogen-bond acceptors (Lipinski definition) is 3. The largest absolute Gasteiger partial charge is 0.352 e. The van der Waals surface area contributed by atoms with Gasteiger partial charge in [0.15, 0.2) is 0 Å². The predicted octanol–water partition coefficient (Wildman–Crippen LogP) is 0.930. The van der Waals surface area contributed by atoms with Crippen LogP contribution in [0.5, 0.6) is 0 Å². The van der Waals surface area contributed by atoms with E-state index in [4.69, 9.17) is 5.73 Å². The summed E-state index contributed by atoms with van der Waals surface area (Å²) in [6.07, 6.45) is 2.02. The van der Waals surface area contributed by atoms with E-state index >= 15 is 0 Å². The summed E-state index contributed by atoms with van der Waals surface area (Å²) in [5, 5.41) is 5.69. The molecule has 0 saturated carbocycles. The van der Waals surface area contributed by atoms with Crippen molar-refractivity contribution in [2.45, 2.75) is 19.4 Å². The highest BCUT2D eigenvalue weighted by molar-refractivity contribution is 5.71. The first-order valence-electron chi connectivity index (χ1n) is 5.51. The van der Waals surface area contributed by atoms with Gasteiger partial charge in [-0.2, -0.15) is 0 Å². The summed E-state index contributed by atoms with van der Waals surface area (Å²) < 4.78 is 12.7. The van der Waals surface area contributed by atoms with Crippen molar-refractivity contribution in [2.24, 2.45) is 5.73 Å². The summed E-state index contributed by atoms with van der Waals surface area (Å²) in [5.41, 5.74) is 5.72. The lowest BCUT2D eigenvalue weighted by Crippen LogP contribution is -2.36. The molecule has 4 N–H and O–H groups in total. The molecule has 0 bridgehead atoms. The average Bonchev–Trinajstić information content (AvgIpc) is 2.30. The molecule has 1 aromatic heterocycles. The molecule has 0 aromatic carbocycles. The zero-order chi connectivity index (χ0) is 12.7. The molecule has 5 nitrogen and oxygen atoms in total. The van der Waals surface area contributed by atoms with Gasteiger partial charge in [-0.05, 0) is 18.6 Å². The zero-order valence-corrected chi connectivity index (χ0v) is 9.74. The first kappa shape index (κ1) is 13.4. The van der Waals surface area contributed by atoms with Gasteiger partial charge in [0.05, 0.1) is 11.9 Å². The van der Waals surface area contributed by atoms with Crippen molar-refractivity contribution in [3.63, 3.8) is 0 Å². The number of nitrogens with one attached hydrogen (secondary N) is 2. The van der Waals surface area contributed by atoms with Gasteiger partial charge in [-0.15, -0.1) is 0 Å². The molecule has 1 aromatic rings. The molecule has 1 heterocycles. The highest BCUT2D eigenvalue weighted by atomic mass is 19.1. The Morgan fingerprint density at radius 2 is 2.29 bits per heavy atom. The molecule has 94 valence electrons. The van der Waals surface area contributed by atoms with Crippen LogP contribution in [0.25, 0.3) is 0 Å². The molecule has 1 atom stereocenters. The van der Waals surface area contributed by atoms with E-state index in [9.17, 15) is 9.18 Å². The summed E-state index contributed by atoms with van der Waals surface area (Å²) >= 11 is 0. The molecule has 1 rings (SSSR count). The van der Waals surface area contributed by atoms with E-state index in [0.29, 0.717) is 13.1 Å². The number of urea groups is 1. The monoisotopic (exact) mass is 240 g/mol. The molecular weight excluding hydrogens is 223 g/mol. The van der Waals surface area contributed by atoms with Gasteiger partial charge in [0.2, 0.25) is 0 Å². The van der Waals surface area contributed by atoms with Gasteiger partial charge in [-0.1, -0.05) is 6.92 Å². The van der Waals surface area contributed by atoms with Crippen molar-refractivity contribution < 1.29 is 9.18 Å². The predicted molar refractivity (Wildman–Crippen MR) is 62.8 cm³/mol. The maximum absolute atomic E-state index is 12.7. The van der Waals surface area contributed by atoms with Crippen LogP contribution in [0.4, 0.5) is 9.18 Å². The van der Waals surface area contributed by atoms with Crippen LogP contribution in [0.3, 0.4) is 0 Å². The fourth-order valence-electron chi connectivity index (χ4n) is 1.48. The Balaban J connectivity index is 2.43. The fraction of sp³-hybridized carbons (Fsp3) is 0.455. The molecule has 0 aliphatic carbocycles. The van der Waals surface area contributed by atoms with Gasteiger partial charge in [-0.3, -0.25) is 4.98 Å². The molecule has 2 amide bonds. The smallest absolute Gasteiger partial charge is 0.312 e. The molecule has 0 radical (unpaired) electrons. The van der Waals surface area contributed by atoms with Crippen molar-refractivity contribution in [3.8, 4) is 0 Å². The molecular formula is C11H17FN4O. The van der Waals surface area contributed by atoms with E-state index in [1.807, 2.05) is 6.92 Å². The number of carbonyl (C=O) groups is 1. The SMILES string of the molecule is CCC(NCCNC(N)=O)c1ccc(F)cn1. The minimum atomic E-state index is -0.542. The molecule has 1 unspecified atom stereocenters. The summed E-state index contributed by atoms with van der Waals surface area (Å²) in [4.78, 5) is 14.5. The summed E-state index contributed by atoms with van der Waals surface area (Å²) in [5.74, 6) is -0.348. The van der Waals surface area contributed by atoms with Crippen LogP contribution in [0, 0.1) is 5.82 Å². The third kappa shape index (κ3) is 4.78. The van der Waals surface area contributed by atoms with Crippen LogP contribution < -0.4 is 16.4 Å². The topological polar surface area (TPSA) is 80.0 Å². The number of halogens is 1. The highest BCUT2D eigenvalue weighted by Crippen LogP contribution is 2.13. The van der Waals surface area contributed by atoms with Gasteiger partial charge in [0.1, 0.15) is 5.82 Å². The number of primary amides is 1. The number of rotatable bonds is 6. The Kier molecular flexibility index (Phi) is 5.35. The molecule has 0 aliphatic heterocycles. The lowest BCUT2D eigenvalue weighted by atomic mass is 10.1. The Morgan fingerprint density at radius 3 is 2.82 bits per heavy atom. The van der Waals surface area contributed by atoms with Crippen LogP contribution in [-0.2, 0) is 0 Å². The third-order valence-electron chi connectivity index (χ3n) is 2.33. The third-order valence-corrected chi connectivity index (χ3v) is 2.33. The Bertz CT molecular complexity index is 355. The van der Waals surface area contributed by atoms with E-state index in [0.717, 1.165) is 12.1 Å². The second kappa shape index (κ2) is 6.80. The van der Waals surface area contributed by atoms with E-state index in [1.54, 1.807) is 6.07 Å². The van der Waals surface area contributed by atoms with E-state index in [-0.39, 0.29) is 11.9 Å². The van der Waals surface area contributed by atoms with Crippen molar-refractivity contribution in [2.75, 3.05) is 13.1 Å². The average molecular weight is 240 g/mol. The number of pyridine rings is 1. The highest BCUT2D eigenvalue weighted by Gasteiger charge is 2.09. The standard InChI is InChI=1S/C11H17FN4O/c1-2-9(14-5-6-15-11(13)17)10-4-3-8(12)7-16-10/h3-4,7,9,14H,2,5-6H2,1H3,(H3,13,15,17). The van der Waals surface area contributed by atoms with Gasteiger partial charge in [0, 0.05) is 19.1 Å².